The summed E-state index contributed by atoms with van der Waals surface area (Å²) >= 11 is 0. The summed E-state index contributed by atoms with van der Waals surface area (Å²) in [6.45, 7) is 3.65. The number of fused-ring (bicyclic) bond motifs is 1. The van der Waals surface area contributed by atoms with E-state index in [1.807, 2.05) is 10.7 Å². The van der Waals surface area contributed by atoms with Crippen LogP contribution in [0.15, 0.2) is 24.3 Å². The first-order valence-corrected chi connectivity index (χ1v) is 10.7. The lowest BCUT2D eigenvalue weighted by atomic mass is 10.1. The molecule has 1 fully saturated rings. The van der Waals surface area contributed by atoms with Crippen molar-refractivity contribution in [1.29, 1.82) is 0 Å². The lowest BCUT2D eigenvalue weighted by Gasteiger charge is -2.27. The van der Waals surface area contributed by atoms with E-state index >= 15 is 0 Å². The largest absolute Gasteiger partial charge is 0.445 e. The fourth-order valence-corrected chi connectivity index (χ4v) is 3.99. The topological polar surface area (TPSA) is 62.6 Å². The normalized spacial score (nSPS) is 17.4. The molecule has 3 heterocycles. The summed E-state index contributed by atoms with van der Waals surface area (Å²) in [4.78, 5) is 16.1. The van der Waals surface area contributed by atoms with Crippen LogP contribution in [0.25, 0.3) is 0 Å². The van der Waals surface area contributed by atoms with Crippen LogP contribution in [0.1, 0.15) is 28.8 Å². The first-order chi connectivity index (χ1) is 16.0. The van der Waals surface area contributed by atoms with E-state index in [9.17, 15) is 31.1 Å². The summed E-state index contributed by atoms with van der Waals surface area (Å²) < 4.78 is 85.2. The molecule has 2 aliphatic heterocycles. The lowest BCUT2D eigenvalue weighted by Crippen LogP contribution is -2.43. The highest BCUT2D eigenvalue weighted by Gasteiger charge is 2.37. The number of hydrogen-bond donors (Lipinski definition) is 1. The van der Waals surface area contributed by atoms with E-state index in [1.54, 1.807) is 0 Å². The zero-order chi connectivity index (χ0) is 24.5. The molecule has 0 atom stereocenters. The number of carbonyl (C=O) groups is 1. The number of hydrogen-bond acceptors (Lipinski definition) is 5. The van der Waals surface area contributed by atoms with E-state index < -0.39 is 41.7 Å². The van der Waals surface area contributed by atoms with Crippen molar-refractivity contribution in [1.82, 2.24) is 20.0 Å². The minimum atomic E-state index is -4.97. The first-order valence-electron chi connectivity index (χ1n) is 10.7. The van der Waals surface area contributed by atoms with Crippen molar-refractivity contribution >= 4 is 11.9 Å². The number of amides is 1. The van der Waals surface area contributed by atoms with Crippen molar-refractivity contribution < 1.29 is 35.9 Å². The zero-order valence-corrected chi connectivity index (χ0v) is 18.0. The number of halogens is 6. The molecule has 34 heavy (non-hydrogen) atoms. The molecule has 2 aliphatic rings. The van der Waals surface area contributed by atoms with Crippen LogP contribution >= 0.6 is 0 Å². The third kappa shape index (κ3) is 5.57. The molecule has 0 spiro atoms. The van der Waals surface area contributed by atoms with Gasteiger partial charge in [-0.2, -0.15) is 31.4 Å². The van der Waals surface area contributed by atoms with Crippen LogP contribution in [0.3, 0.4) is 0 Å². The molecular formula is C21H23F6N5O2. The van der Waals surface area contributed by atoms with Gasteiger partial charge in [-0.1, -0.05) is 0 Å². The third-order valence-corrected chi connectivity index (χ3v) is 5.71. The van der Waals surface area contributed by atoms with Crippen LogP contribution in [0.4, 0.5) is 37.0 Å². The van der Waals surface area contributed by atoms with Gasteiger partial charge in [0.05, 0.1) is 23.4 Å². The van der Waals surface area contributed by atoms with Crippen LogP contribution in [-0.4, -0.2) is 53.5 Å². The molecule has 0 aliphatic carbocycles. The SMILES string of the molecule is O=C(OCc1cc(C(F)(F)F)cc(C(F)(F)F)c1)N1CCCn2nc(N3CCNCC3)cc2C1. The van der Waals surface area contributed by atoms with E-state index in [4.69, 9.17) is 4.74 Å². The van der Waals surface area contributed by atoms with Crippen molar-refractivity contribution in [3.63, 3.8) is 0 Å². The average Bonchev–Trinajstić information content (AvgIpc) is 3.08. The van der Waals surface area contributed by atoms with E-state index in [1.165, 1.54) is 4.90 Å². The van der Waals surface area contributed by atoms with Crippen LogP contribution in [0, 0.1) is 0 Å². The fraction of sp³-hybridized carbons (Fsp3) is 0.524. The van der Waals surface area contributed by atoms with Crippen molar-refractivity contribution in [3.8, 4) is 0 Å². The van der Waals surface area contributed by atoms with Crippen LogP contribution in [0.2, 0.25) is 0 Å². The predicted molar refractivity (Wildman–Crippen MR) is 109 cm³/mol. The Morgan fingerprint density at radius 2 is 1.59 bits per heavy atom. The highest BCUT2D eigenvalue weighted by atomic mass is 19.4. The maximum Gasteiger partial charge on any atom is 0.416 e. The number of carbonyl (C=O) groups excluding carboxylic acids is 1. The Bertz CT molecular complexity index is 997. The van der Waals surface area contributed by atoms with Gasteiger partial charge in [0.15, 0.2) is 5.82 Å². The second kappa shape index (κ2) is 9.35. The maximum atomic E-state index is 13.0. The molecule has 4 rings (SSSR count). The number of rotatable bonds is 3. The van der Waals surface area contributed by atoms with Gasteiger partial charge in [-0.05, 0) is 30.2 Å². The molecule has 1 aromatic heterocycles. The second-order valence-corrected chi connectivity index (χ2v) is 8.20. The predicted octanol–water partition coefficient (Wildman–Crippen LogP) is 3.87. The van der Waals surface area contributed by atoms with Crippen molar-refractivity contribution in [2.24, 2.45) is 0 Å². The molecular weight excluding hydrogens is 468 g/mol. The Balaban J connectivity index is 1.45. The molecule has 1 N–H and O–H groups in total. The average molecular weight is 491 g/mol. The van der Waals surface area contributed by atoms with E-state index in [0.29, 0.717) is 31.6 Å². The van der Waals surface area contributed by atoms with Gasteiger partial charge in [-0.25, -0.2) is 4.79 Å². The summed E-state index contributed by atoms with van der Waals surface area (Å²) in [6.07, 6.45) is -10.2. The van der Waals surface area contributed by atoms with Crippen molar-refractivity contribution in [2.75, 3.05) is 37.6 Å². The van der Waals surface area contributed by atoms with Gasteiger partial charge < -0.3 is 19.9 Å². The van der Waals surface area contributed by atoms with Gasteiger partial charge in [-0.3, -0.25) is 4.68 Å². The van der Waals surface area contributed by atoms with Gasteiger partial charge in [-0.15, -0.1) is 0 Å². The summed E-state index contributed by atoms with van der Waals surface area (Å²) in [5.74, 6) is 0.801. The van der Waals surface area contributed by atoms with E-state index in [0.717, 1.165) is 37.7 Å². The molecule has 0 radical (unpaired) electrons. The van der Waals surface area contributed by atoms with Gasteiger partial charge >= 0.3 is 18.4 Å². The number of nitrogens with one attached hydrogen (secondary N) is 1. The van der Waals surface area contributed by atoms with Crippen molar-refractivity contribution in [2.45, 2.75) is 38.5 Å². The van der Waals surface area contributed by atoms with Gasteiger partial charge in [0.2, 0.25) is 0 Å². The molecule has 2 aromatic rings. The Morgan fingerprint density at radius 1 is 0.941 bits per heavy atom. The Morgan fingerprint density at radius 3 is 2.21 bits per heavy atom. The number of ether oxygens (including phenoxy) is 1. The standard InChI is InChI=1S/C21H23F6N5O2/c22-20(23,24)15-8-14(9-16(10-15)21(25,26)27)13-34-19(33)31-4-1-5-32-17(12-31)11-18(29-32)30-6-2-28-3-7-30/h8-11,28H,1-7,12-13H2. The summed E-state index contributed by atoms with van der Waals surface area (Å²) in [6, 6.07) is 3.04. The smallest absolute Gasteiger partial charge is 0.416 e. The second-order valence-electron chi connectivity index (χ2n) is 8.20. The van der Waals surface area contributed by atoms with Gasteiger partial charge in [0, 0.05) is 45.3 Å². The zero-order valence-electron chi connectivity index (χ0n) is 18.0. The maximum absolute atomic E-state index is 13.0. The number of piperazine rings is 1. The lowest BCUT2D eigenvalue weighted by molar-refractivity contribution is -0.143. The van der Waals surface area contributed by atoms with E-state index in [-0.39, 0.29) is 12.6 Å². The molecule has 186 valence electrons. The number of nitrogens with zero attached hydrogens (tertiary/aromatic N) is 4. The molecule has 7 nitrogen and oxygen atoms in total. The number of aromatic nitrogens is 2. The molecule has 0 bridgehead atoms. The number of benzene rings is 1. The third-order valence-electron chi connectivity index (χ3n) is 5.71. The van der Waals surface area contributed by atoms with E-state index in [2.05, 4.69) is 15.3 Å². The number of aryl methyl sites for hydroxylation is 1. The fourth-order valence-electron chi connectivity index (χ4n) is 3.99. The van der Waals surface area contributed by atoms with Gasteiger partial charge in [0.1, 0.15) is 6.61 Å². The quantitative estimate of drug-likeness (QED) is 0.661. The monoisotopic (exact) mass is 491 g/mol. The van der Waals surface area contributed by atoms with Crippen LogP contribution in [0.5, 0.6) is 0 Å². The van der Waals surface area contributed by atoms with Crippen LogP contribution < -0.4 is 10.2 Å². The molecule has 13 heteroatoms. The van der Waals surface area contributed by atoms with Crippen LogP contribution in [-0.2, 0) is 36.8 Å². The summed E-state index contributed by atoms with van der Waals surface area (Å²) in [7, 11) is 0. The Hall–Kier alpha value is -2.96. The Kier molecular flexibility index (Phi) is 6.65. The number of alkyl halides is 6. The molecule has 1 saturated heterocycles. The molecule has 1 aromatic carbocycles. The van der Waals surface area contributed by atoms with Gasteiger partial charge in [0.25, 0.3) is 0 Å². The molecule has 1 amide bonds. The highest BCUT2D eigenvalue weighted by molar-refractivity contribution is 5.67. The highest BCUT2D eigenvalue weighted by Crippen LogP contribution is 2.36. The summed E-state index contributed by atoms with van der Waals surface area (Å²) in [5.41, 5.74) is -2.52. The minimum absolute atomic E-state index is 0.0390. The first kappa shape index (κ1) is 24.2. The van der Waals surface area contributed by atoms with Crippen molar-refractivity contribution in [3.05, 3.63) is 46.6 Å². The molecule has 0 unspecified atom stereocenters. The summed E-state index contributed by atoms with van der Waals surface area (Å²) in [5, 5.41) is 7.87. The number of anilines is 1. The minimum Gasteiger partial charge on any atom is -0.445 e. The molecule has 0 saturated carbocycles. The Labute approximate surface area is 191 Å².